The predicted molar refractivity (Wildman–Crippen MR) is 78.7 cm³/mol. The Hall–Kier alpha value is -0.490. The van der Waals surface area contributed by atoms with Crippen LogP contribution in [0.1, 0.15) is 29.6 Å². The topological polar surface area (TPSA) is 20.3 Å². The van der Waals surface area contributed by atoms with E-state index in [9.17, 15) is 13.6 Å². The molecular formula is C13H15Br2F2NO. The number of hydrogen-bond donors (Lipinski definition) is 0. The summed E-state index contributed by atoms with van der Waals surface area (Å²) in [4.78, 5) is 13.3. The van der Waals surface area contributed by atoms with Crippen LogP contribution in [0.25, 0.3) is 0 Å². The lowest BCUT2D eigenvalue weighted by Crippen LogP contribution is -2.29. The standard InChI is InChI=1S/C13H15Br2F2NO/c1-18(6-4-2-3-5-14)13(19)12-10(16)7-9(15)8-11(12)17/h7-8H,2-6H2,1H3. The Morgan fingerprint density at radius 1 is 1.21 bits per heavy atom. The molecule has 1 aromatic carbocycles. The summed E-state index contributed by atoms with van der Waals surface area (Å²) in [5.74, 6) is -2.31. The van der Waals surface area contributed by atoms with Crippen molar-refractivity contribution in [2.45, 2.75) is 19.3 Å². The molecule has 2 nitrogen and oxygen atoms in total. The lowest BCUT2D eigenvalue weighted by Gasteiger charge is -2.18. The Balaban J connectivity index is 2.72. The summed E-state index contributed by atoms with van der Waals surface area (Å²) in [5, 5.41) is 0.917. The molecule has 0 radical (unpaired) electrons. The number of carbonyl (C=O) groups is 1. The summed E-state index contributed by atoms with van der Waals surface area (Å²) in [5.41, 5.74) is -0.494. The fourth-order valence-corrected chi connectivity index (χ4v) is 2.46. The van der Waals surface area contributed by atoms with Crippen molar-refractivity contribution >= 4 is 37.8 Å². The molecule has 0 N–H and O–H groups in total. The number of rotatable bonds is 6. The van der Waals surface area contributed by atoms with Gasteiger partial charge in [-0.15, -0.1) is 0 Å². The maximum atomic E-state index is 13.6. The van der Waals surface area contributed by atoms with Gasteiger partial charge in [-0.2, -0.15) is 0 Å². The van der Waals surface area contributed by atoms with Crippen LogP contribution in [0.15, 0.2) is 16.6 Å². The zero-order valence-electron chi connectivity index (χ0n) is 10.6. The molecule has 19 heavy (non-hydrogen) atoms. The van der Waals surface area contributed by atoms with Gasteiger partial charge in [0.25, 0.3) is 5.91 Å². The number of amides is 1. The van der Waals surface area contributed by atoms with Gasteiger partial charge in [0, 0.05) is 23.4 Å². The number of benzene rings is 1. The highest BCUT2D eigenvalue weighted by Gasteiger charge is 2.21. The molecule has 0 spiro atoms. The molecule has 0 atom stereocenters. The lowest BCUT2D eigenvalue weighted by atomic mass is 10.1. The van der Waals surface area contributed by atoms with E-state index >= 15 is 0 Å². The summed E-state index contributed by atoms with van der Waals surface area (Å²) in [6, 6.07) is 2.18. The number of halogens is 4. The summed E-state index contributed by atoms with van der Waals surface area (Å²) in [6.07, 6.45) is 2.80. The summed E-state index contributed by atoms with van der Waals surface area (Å²) in [7, 11) is 1.55. The second-order valence-electron chi connectivity index (χ2n) is 4.22. The normalized spacial score (nSPS) is 10.6. The quantitative estimate of drug-likeness (QED) is 0.514. The minimum Gasteiger partial charge on any atom is -0.342 e. The van der Waals surface area contributed by atoms with Gasteiger partial charge >= 0.3 is 0 Å². The Morgan fingerprint density at radius 2 is 1.79 bits per heavy atom. The van der Waals surface area contributed by atoms with Crippen molar-refractivity contribution in [3.05, 3.63) is 33.8 Å². The third-order valence-electron chi connectivity index (χ3n) is 2.69. The average molecular weight is 399 g/mol. The zero-order valence-corrected chi connectivity index (χ0v) is 13.7. The molecule has 0 heterocycles. The van der Waals surface area contributed by atoms with Crippen LogP contribution < -0.4 is 0 Å². The van der Waals surface area contributed by atoms with Crippen LogP contribution in [0.5, 0.6) is 0 Å². The highest BCUT2D eigenvalue weighted by molar-refractivity contribution is 9.10. The molecule has 106 valence electrons. The van der Waals surface area contributed by atoms with E-state index in [-0.39, 0.29) is 4.47 Å². The largest absolute Gasteiger partial charge is 0.342 e. The van der Waals surface area contributed by atoms with E-state index in [1.165, 1.54) is 4.90 Å². The maximum absolute atomic E-state index is 13.6. The Bertz CT molecular complexity index is 431. The molecule has 0 saturated carbocycles. The van der Waals surface area contributed by atoms with Crippen LogP contribution in [0.4, 0.5) is 8.78 Å². The van der Waals surface area contributed by atoms with Crippen LogP contribution in [0.2, 0.25) is 0 Å². The smallest absolute Gasteiger partial charge is 0.259 e. The van der Waals surface area contributed by atoms with Crippen molar-refractivity contribution in [1.29, 1.82) is 0 Å². The molecular weight excluding hydrogens is 384 g/mol. The molecule has 6 heteroatoms. The first-order valence-corrected chi connectivity index (χ1v) is 7.84. The molecule has 1 amide bonds. The molecule has 1 rings (SSSR count). The second kappa shape index (κ2) is 7.94. The first kappa shape index (κ1) is 16.6. The van der Waals surface area contributed by atoms with Gasteiger partial charge in [0.05, 0.1) is 0 Å². The average Bonchev–Trinajstić information content (AvgIpc) is 2.33. The van der Waals surface area contributed by atoms with Crippen LogP contribution >= 0.6 is 31.9 Å². The van der Waals surface area contributed by atoms with Gasteiger partial charge in [-0.1, -0.05) is 38.3 Å². The summed E-state index contributed by atoms with van der Waals surface area (Å²) in [6.45, 7) is 0.487. The summed E-state index contributed by atoms with van der Waals surface area (Å²) < 4.78 is 27.6. The summed E-state index contributed by atoms with van der Waals surface area (Å²) >= 11 is 6.31. The minimum absolute atomic E-state index is 0.277. The van der Waals surface area contributed by atoms with E-state index in [4.69, 9.17) is 0 Å². The van der Waals surface area contributed by atoms with Gasteiger partial charge in [-0.25, -0.2) is 8.78 Å². The van der Waals surface area contributed by atoms with Crippen molar-refractivity contribution in [3.63, 3.8) is 0 Å². The molecule has 0 aromatic heterocycles. The Kier molecular flexibility index (Phi) is 6.93. The molecule has 0 fully saturated rings. The fraction of sp³-hybridized carbons (Fsp3) is 0.462. The second-order valence-corrected chi connectivity index (χ2v) is 5.93. The van der Waals surface area contributed by atoms with Crippen molar-refractivity contribution < 1.29 is 13.6 Å². The van der Waals surface area contributed by atoms with Crippen LogP contribution in [-0.4, -0.2) is 29.7 Å². The molecule has 0 aliphatic carbocycles. The van der Waals surface area contributed by atoms with E-state index in [0.717, 1.165) is 36.7 Å². The predicted octanol–water partition coefficient (Wildman–Crippen LogP) is 4.36. The maximum Gasteiger partial charge on any atom is 0.259 e. The highest BCUT2D eigenvalue weighted by Crippen LogP contribution is 2.20. The number of alkyl halides is 1. The Morgan fingerprint density at radius 3 is 2.32 bits per heavy atom. The molecule has 0 bridgehead atoms. The van der Waals surface area contributed by atoms with Gasteiger partial charge in [0.1, 0.15) is 17.2 Å². The van der Waals surface area contributed by atoms with E-state index in [0.29, 0.717) is 6.54 Å². The van der Waals surface area contributed by atoms with Crippen LogP contribution in [0.3, 0.4) is 0 Å². The minimum atomic E-state index is -0.843. The third kappa shape index (κ3) is 4.84. The zero-order chi connectivity index (χ0) is 14.4. The molecule has 0 aliphatic rings. The van der Waals surface area contributed by atoms with Crippen molar-refractivity contribution in [2.75, 3.05) is 18.9 Å². The van der Waals surface area contributed by atoms with Gasteiger partial charge < -0.3 is 4.90 Å². The van der Waals surface area contributed by atoms with Crippen LogP contribution in [-0.2, 0) is 0 Å². The number of nitrogens with zero attached hydrogens (tertiary/aromatic N) is 1. The number of hydrogen-bond acceptors (Lipinski definition) is 1. The number of carbonyl (C=O) groups excluding carboxylic acids is 1. The first-order chi connectivity index (χ1) is 8.97. The molecule has 0 aliphatic heterocycles. The van der Waals surface area contributed by atoms with E-state index in [1.54, 1.807) is 7.05 Å². The van der Waals surface area contributed by atoms with Crippen LogP contribution in [0, 0.1) is 11.6 Å². The van der Waals surface area contributed by atoms with E-state index in [2.05, 4.69) is 31.9 Å². The van der Waals surface area contributed by atoms with Gasteiger partial charge in [0.15, 0.2) is 0 Å². The van der Waals surface area contributed by atoms with Gasteiger partial charge in [-0.05, 0) is 25.0 Å². The van der Waals surface area contributed by atoms with E-state index < -0.39 is 23.1 Å². The lowest BCUT2D eigenvalue weighted by molar-refractivity contribution is 0.0783. The highest BCUT2D eigenvalue weighted by atomic mass is 79.9. The van der Waals surface area contributed by atoms with Crippen molar-refractivity contribution in [2.24, 2.45) is 0 Å². The fourth-order valence-electron chi connectivity index (χ4n) is 1.66. The molecule has 0 saturated heterocycles. The Labute approximate surface area is 128 Å². The van der Waals surface area contributed by atoms with Gasteiger partial charge in [0.2, 0.25) is 0 Å². The number of unbranched alkanes of at least 4 members (excludes halogenated alkanes) is 2. The van der Waals surface area contributed by atoms with Gasteiger partial charge in [-0.3, -0.25) is 4.79 Å². The molecule has 0 unspecified atom stereocenters. The monoisotopic (exact) mass is 397 g/mol. The first-order valence-electron chi connectivity index (χ1n) is 5.93. The van der Waals surface area contributed by atoms with Crippen molar-refractivity contribution in [1.82, 2.24) is 4.90 Å². The van der Waals surface area contributed by atoms with E-state index in [1.807, 2.05) is 0 Å². The third-order valence-corrected chi connectivity index (χ3v) is 3.71. The van der Waals surface area contributed by atoms with Crippen molar-refractivity contribution in [3.8, 4) is 0 Å². The molecule has 1 aromatic rings. The SMILES string of the molecule is CN(CCCCCBr)C(=O)c1c(F)cc(Br)cc1F.